The molecular formula is C18H16FN3OS. The highest BCUT2D eigenvalue weighted by molar-refractivity contribution is 7.18. The van der Waals surface area contributed by atoms with E-state index in [2.05, 4.69) is 15.5 Å². The molecule has 1 N–H and O–H groups in total. The van der Waals surface area contributed by atoms with Crippen LogP contribution < -0.4 is 5.32 Å². The van der Waals surface area contributed by atoms with Crippen molar-refractivity contribution in [2.45, 2.75) is 13.3 Å². The van der Waals surface area contributed by atoms with Gasteiger partial charge in [0.25, 0.3) is 0 Å². The number of hydrogen-bond donors (Lipinski definition) is 1. The number of anilines is 1. The molecule has 0 saturated carbocycles. The Bertz CT molecular complexity index is 835. The Morgan fingerprint density at radius 3 is 2.71 bits per heavy atom. The second kappa shape index (κ2) is 7.31. The van der Waals surface area contributed by atoms with Gasteiger partial charge in [-0.15, -0.1) is 10.2 Å². The summed E-state index contributed by atoms with van der Waals surface area (Å²) in [5.41, 5.74) is 1.75. The first-order chi connectivity index (χ1) is 11.6. The fraction of sp³-hybridized carbons (Fsp3) is 0.167. The van der Waals surface area contributed by atoms with Crippen molar-refractivity contribution in [3.63, 3.8) is 0 Å². The highest BCUT2D eigenvalue weighted by Gasteiger charge is 2.16. The minimum Gasteiger partial charge on any atom is -0.300 e. The third-order valence-corrected chi connectivity index (χ3v) is 4.44. The number of amides is 1. The standard InChI is InChI=1S/C18H16FN3OS/c1-12(10-13-6-5-9-15(19)11-13)16(23)20-18-22-21-17(24-18)14-7-3-2-4-8-14/h2-9,11-12H,10H2,1H3,(H,20,22,23). The van der Waals surface area contributed by atoms with Gasteiger partial charge in [0.05, 0.1) is 0 Å². The molecule has 3 rings (SSSR count). The fourth-order valence-electron chi connectivity index (χ4n) is 2.31. The van der Waals surface area contributed by atoms with Crippen LogP contribution in [-0.2, 0) is 11.2 Å². The second-order valence-corrected chi connectivity index (χ2v) is 6.48. The Kier molecular flexibility index (Phi) is 4.96. The molecule has 0 fully saturated rings. The molecule has 122 valence electrons. The predicted molar refractivity (Wildman–Crippen MR) is 93.2 cm³/mol. The normalized spacial score (nSPS) is 11.9. The molecule has 24 heavy (non-hydrogen) atoms. The maximum absolute atomic E-state index is 13.2. The van der Waals surface area contributed by atoms with Gasteiger partial charge in [-0.05, 0) is 24.1 Å². The summed E-state index contributed by atoms with van der Waals surface area (Å²) < 4.78 is 13.2. The molecule has 1 aromatic heterocycles. The molecule has 1 atom stereocenters. The molecule has 6 heteroatoms. The maximum Gasteiger partial charge on any atom is 0.229 e. The number of nitrogens with one attached hydrogen (secondary N) is 1. The lowest BCUT2D eigenvalue weighted by molar-refractivity contribution is -0.119. The number of carbonyl (C=O) groups is 1. The minimum absolute atomic E-state index is 0.157. The van der Waals surface area contributed by atoms with Crippen LogP contribution in [0.3, 0.4) is 0 Å². The van der Waals surface area contributed by atoms with Crippen molar-refractivity contribution in [1.29, 1.82) is 0 Å². The van der Waals surface area contributed by atoms with E-state index < -0.39 is 0 Å². The van der Waals surface area contributed by atoms with Gasteiger partial charge in [0, 0.05) is 11.5 Å². The lowest BCUT2D eigenvalue weighted by Gasteiger charge is -2.10. The summed E-state index contributed by atoms with van der Waals surface area (Å²) in [5, 5.41) is 12.1. The molecule has 1 heterocycles. The molecule has 0 saturated heterocycles. The Morgan fingerprint density at radius 1 is 1.17 bits per heavy atom. The topological polar surface area (TPSA) is 54.9 Å². The van der Waals surface area contributed by atoms with E-state index >= 15 is 0 Å². The fourth-order valence-corrected chi connectivity index (χ4v) is 3.06. The van der Waals surface area contributed by atoms with Crippen molar-refractivity contribution in [3.8, 4) is 10.6 Å². The smallest absolute Gasteiger partial charge is 0.229 e. The zero-order valence-corrected chi connectivity index (χ0v) is 13.9. The van der Waals surface area contributed by atoms with Gasteiger partial charge >= 0.3 is 0 Å². The van der Waals surface area contributed by atoms with Gasteiger partial charge in [-0.3, -0.25) is 4.79 Å². The van der Waals surface area contributed by atoms with Crippen LogP contribution >= 0.6 is 11.3 Å². The third-order valence-electron chi connectivity index (χ3n) is 3.55. The summed E-state index contributed by atoms with van der Waals surface area (Å²) in [7, 11) is 0. The van der Waals surface area contributed by atoms with Crippen LogP contribution in [0.4, 0.5) is 9.52 Å². The van der Waals surface area contributed by atoms with E-state index in [0.717, 1.165) is 16.1 Å². The third kappa shape index (κ3) is 4.02. The van der Waals surface area contributed by atoms with Gasteiger partial charge in [0.1, 0.15) is 10.8 Å². The Morgan fingerprint density at radius 2 is 1.96 bits per heavy atom. The molecule has 1 amide bonds. The number of rotatable bonds is 5. The van der Waals surface area contributed by atoms with Gasteiger partial charge in [0.2, 0.25) is 11.0 Å². The van der Waals surface area contributed by atoms with Crippen molar-refractivity contribution in [1.82, 2.24) is 10.2 Å². The van der Waals surface area contributed by atoms with Crippen molar-refractivity contribution in [2.75, 3.05) is 5.32 Å². The number of hydrogen-bond acceptors (Lipinski definition) is 4. The zero-order chi connectivity index (χ0) is 16.9. The first-order valence-electron chi connectivity index (χ1n) is 7.56. The van der Waals surface area contributed by atoms with Gasteiger partial charge in [-0.2, -0.15) is 0 Å². The molecule has 0 aliphatic heterocycles. The summed E-state index contributed by atoms with van der Waals surface area (Å²) >= 11 is 1.33. The average molecular weight is 341 g/mol. The Hall–Kier alpha value is -2.60. The van der Waals surface area contributed by atoms with Crippen LogP contribution in [0.25, 0.3) is 10.6 Å². The molecule has 0 aliphatic rings. The Balaban J connectivity index is 1.63. The summed E-state index contributed by atoms with van der Waals surface area (Å²) in [4.78, 5) is 12.3. The molecule has 0 bridgehead atoms. The first-order valence-corrected chi connectivity index (χ1v) is 8.37. The summed E-state index contributed by atoms with van der Waals surface area (Å²) in [5.74, 6) is -0.748. The van der Waals surface area contributed by atoms with Crippen LogP contribution in [0.15, 0.2) is 54.6 Å². The molecule has 0 spiro atoms. The van der Waals surface area contributed by atoms with Crippen LogP contribution in [0, 0.1) is 11.7 Å². The lowest BCUT2D eigenvalue weighted by atomic mass is 10.0. The van der Waals surface area contributed by atoms with E-state index in [1.165, 1.54) is 23.5 Å². The Labute approximate surface area is 143 Å². The largest absolute Gasteiger partial charge is 0.300 e. The van der Waals surface area contributed by atoms with Crippen LogP contribution in [-0.4, -0.2) is 16.1 Å². The SMILES string of the molecule is CC(Cc1cccc(F)c1)C(=O)Nc1nnc(-c2ccccc2)s1. The van der Waals surface area contributed by atoms with Gasteiger partial charge in [-0.25, -0.2) is 4.39 Å². The highest BCUT2D eigenvalue weighted by Crippen LogP contribution is 2.26. The van der Waals surface area contributed by atoms with Crippen molar-refractivity contribution in [2.24, 2.45) is 5.92 Å². The zero-order valence-electron chi connectivity index (χ0n) is 13.1. The molecule has 0 radical (unpaired) electrons. The van der Waals surface area contributed by atoms with Crippen LogP contribution in [0.5, 0.6) is 0 Å². The molecule has 0 aliphatic carbocycles. The second-order valence-electron chi connectivity index (χ2n) is 5.50. The number of benzene rings is 2. The molecule has 4 nitrogen and oxygen atoms in total. The molecular weight excluding hydrogens is 325 g/mol. The molecule has 3 aromatic rings. The molecule has 1 unspecified atom stereocenters. The number of aromatic nitrogens is 2. The van der Waals surface area contributed by atoms with E-state index in [4.69, 9.17) is 0 Å². The van der Waals surface area contributed by atoms with Crippen molar-refractivity contribution >= 4 is 22.4 Å². The van der Waals surface area contributed by atoms with Crippen LogP contribution in [0.2, 0.25) is 0 Å². The number of carbonyl (C=O) groups excluding carboxylic acids is 1. The van der Waals surface area contributed by atoms with Gasteiger partial charge < -0.3 is 5.32 Å². The number of halogens is 1. The van der Waals surface area contributed by atoms with Gasteiger partial charge in [-0.1, -0.05) is 60.7 Å². The molecule has 2 aromatic carbocycles. The van der Waals surface area contributed by atoms with Crippen molar-refractivity contribution in [3.05, 3.63) is 66.0 Å². The maximum atomic E-state index is 13.2. The highest BCUT2D eigenvalue weighted by atomic mass is 32.1. The van der Waals surface area contributed by atoms with E-state index in [-0.39, 0.29) is 17.6 Å². The van der Waals surface area contributed by atoms with E-state index in [0.29, 0.717) is 11.6 Å². The lowest BCUT2D eigenvalue weighted by Crippen LogP contribution is -2.22. The van der Waals surface area contributed by atoms with Crippen molar-refractivity contribution < 1.29 is 9.18 Å². The predicted octanol–water partition coefficient (Wildman–Crippen LogP) is 4.16. The summed E-state index contributed by atoms with van der Waals surface area (Å²) in [6.45, 7) is 1.80. The number of nitrogens with zero attached hydrogens (tertiary/aromatic N) is 2. The van der Waals surface area contributed by atoms with Gasteiger partial charge in [0.15, 0.2) is 0 Å². The minimum atomic E-state index is -0.295. The van der Waals surface area contributed by atoms with E-state index in [9.17, 15) is 9.18 Å². The van der Waals surface area contributed by atoms with Crippen LogP contribution in [0.1, 0.15) is 12.5 Å². The van der Waals surface area contributed by atoms with E-state index in [1.54, 1.807) is 13.0 Å². The van der Waals surface area contributed by atoms with E-state index in [1.807, 2.05) is 36.4 Å². The summed E-state index contributed by atoms with van der Waals surface area (Å²) in [6.07, 6.45) is 0.466. The first kappa shape index (κ1) is 16.3. The monoisotopic (exact) mass is 341 g/mol. The summed E-state index contributed by atoms with van der Waals surface area (Å²) in [6, 6.07) is 16.0. The quantitative estimate of drug-likeness (QED) is 0.758. The average Bonchev–Trinajstić information content (AvgIpc) is 3.04.